The van der Waals surface area contributed by atoms with Gasteiger partial charge in [0.2, 0.25) is 0 Å². The van der Waals surface area contributed by atoms with Crippen LogP contribution in [0.5, 0.6) is 0 Å². The van der Waals surface area contributed by atoms with Crippen molar-refractivity contribution in [3.8, 4) is 0 Å². The molecule has 3 aliphatic heterocycles. The van der Waals surface area contributed by atoms with Gasteiger partial charge in [-0.1, -0.05) is 18.2 Å². The van der Waals surface area contributed by atoms with Gasteiger partial charge in [0, 0.05) is 31.9 Å². The molecule has 2 aromatic rings. The van der Waals surface area contributed by atoms with Crippen molar-refractivity contribution in [2.45, 2.75) is 51.5 Å². The van der Waals surface area contributed by atoms with Crippen LogP contribution in [-0.4, -0.2) is 45.9 Å². The topological polar surface area (TPSA) is 58.4 Å². The molecule has 2 amide bonds. The summed E-state index contributed by atoms with van der Waals surface area (Å²) >= 11 is 0. The minimum absolute atomic E-state index is 0.0151. The molecule has 5 rings (SSSR count). The number of para-hydroxylation sites is 1. The molecule has 4 heterocycles. The van der Waals surface area contributed by atoms with Crippen molar-refractivity contribution < 1.29 is 9.59 Å². The van der Waals surface area contributed by atoms with Gasteiger partial charge in [-0.2, -0.15) is 0 Å². The Balaban J connectivity index is 1.53. The van der Waals surface area contributed by atoms with Crippen LogP contribution >= 0.6 is 0 Å². The molecule has 3 aliphatic rings. The van der Waals surface area contributed by atoms with Gasteiger partial charge in [0.15, 0.2) is 11.5 Å². The third-order valence-electron chi connectivity index (χ3n) is 6.26. The second kappa shape index (κ2) is 7.08. The first-order valence-corrected chi connectivity index (χ1v) is 10.5. The van der Waals surface area contributed by atoms with Crippen molar-refractivity contribution in [2.75, 3.05) is 24.5 Å². The normalized spacial score (nSPS) is 18.7. The van der Waals surface area contributed by atoms with Crippen LogP contribution < -0.4 is 4.90 Å². The zero-order valence-corrected chi connectivity index (χ0v) is 16.2. The number of nitrogens with zero attached hydrogens (tertiary/aromatic N) is 4. The average molecular weight is 378 g/mol. The molecule has 0 N–H and O–H groups in total. The molecule has 1 saturated heterocycles. The van der Waals surface area contributed by atoms with Crippen LogP contribution in [0.15, 0.2) is 24.3 Å². The molecule has 1 fully saturated rings. The van der Waals surface area contributed by atoms with Gasteiger partial charge in [0.1, 0.15) is 0 Å². The largest absolute Gasteiger partial charge is 0.336 e. The number of carbonyl (C=O) groups excluding carboxylic acids is 2. The van der Waals surface area contributed by atoms with E-state index in [1.807, 2.05) is 32.6 Å². The van der Waals surface area contributed by atoms with Gasteiger partial charge in [0.05, 0.1) is 5.69 Å². The van der Waals surface area contributed by atoms with Crippen LogP contribution in [0.2, 0.25) is 0 Å². The predicted octanol–water partition coefficient (Wildman–Crippen LogP) is 3.05. The lowest BCUT2D eigenvalue weighted by Gasteiger charge is -2.29. The van der Waals surface area contributed by atoms with Crippen LogP contribution in [0.3, 0.4) is 0 Å². The minimum atomic E-state index is -0.0572. The number of hydrogen-bond donors (Lipinski definition) is 0. The Morgan fingerprint density at radius 3 is 2.46 bits per heavy atom. The lowest BCUT2D eigenvalue weighted by molar-refractivity contribution is 0.0774. The van der Waals surface area contributed by atoms with Crippen molar-refractivity contribution >= 4 is 17.5 Å². The summed E-state index contributed by atoms with van der Waals surface area (Å²) in [5.41, 5.74) is 3.63. The Labute approximate surface area is 165 Å². The van der Waals surface area contributed by atoms with E-state index >= 15 is 0 Å². The Morgan fingerprint density at radius 1 is 0.821 bits per heavy atom. The number of carbonyl (C=O) groups is 2. The third-order valence-corrected chi connectivity index (χ3v) is 6.26. The van der Waals surface area contributed by atoms with Gasteiger partial charge in [0.25, 0.3) is 11.8 Å². The van der Waals surface area contributed by atoms with E-state index in [1.165, 1.54) is 5.56 Å². The second-order valence-corrected chi connectivity index (χ2v) is 8.03. The van der Waals surface area contributed by atoms with Gasteiger partial charge >= 0.3 is 0 Å². The number of benzene rings is 1. The smallest absolute Gasteiger partial charge is 0.289 e. The molecule has 0 radical (unpaired) electrons. The minimum Gasteiger partial charge on any atom is -0.336 e. The number of aromatic nitrogens is 2. The number of aryl methyl sites for hydroxylation is 1. The van der Waals surface area contributed by atoms with E-state index in [2.05, 4.69) is 11.1 Å². The van der Waals surface area contributed by atoms with E-state index < -0.39 is 0 Å². The van der Waals surface area contributed by atoms with Crippen molar-refractivity contribution in [3.05, 3.63) is 47.0 Å². The quantitative estimate of drug-likeness (QED) is 0.807. The fourth-order valence-corrected chi connectivity index (χ4v) is 4.81. The van der Waals surface area contributed by atoms with E-state index in [1.54, 1.807) is 0 Å². The number of fused-ring (bicyclic) bond motifs is 2. The number of rotatable bonds is 2. The van der Waals surface area contributed by atoms with E-state index in [0.717, 1.165) is 76.0 Å². The molecule has 6 heteroatoms. The zero-order chi connectivity index (χ0) is 19.1. The van der Waals surface area contributed by atoms with Crippen LogP contribution in [0.25, 0.3) is 0 Å². The van der Waals surface area contributed by atoms with Crippen LogP contribution in [-0.2, 0) is 19.4 Å². The van der Waals surface area contributed by atoms with Gasteiger partial charge < -0.3 is 14.4 Å². The summed E-state index contributed by atoms with van der Waals surface area (Å²) in [6.45, 7) is 3.08. The average Bonchev–Trinajstić information content (AvgIpc) is 3.41. The second-order valence-electron chi connectivity index (χ2n) is 8.03. The molecule has 0 spiro atoms. The van der Waals surface area contributed by atoms with Crippen LogP contribution in [0.4, 0.5) is 5.69 Å². The van der Waals surface area contributed by atoms with Crippen molar-refractivity contribution in [1.29, 1.82) is 0 Å². The third kappa shape index (κ3) is 2.82. The fraction of sp³-hybridized carbons (Fsp3) is 0.500. The number of likely N-dealkylation sites (tertiary alicyclic amines) is 1. The first-order valence-electron chi connectivity index (χ1n) is 10.5. The van der Waals surface area contributed by atoms with E-state index in [0.29, 0.717) is 18.1 Å². The van der Waals surface area contributed by atoms with Gasteiger partial charge in [-0.05, 0) is 56.6 Å². The van der Waals surface area contributed by atoms with E-state index in [4.69, 9.17) is 0 Å². The highest BCUT2D eigenvalue weighted by Crippen LogP contribution is 2.30. The molecule has 0 bridgehead atoms. The standard InChI is InChI=1S/C22H26N4O2/c27-21(26-15-7-9-16-8-1-2-10-17(16)26)19-18-11-3-4-14-25(18)20(23-19)22(28)24-12-5-6-13-24/h1-2,8,10H,3-7,9,11-15H2. The highest BCUT2D eigenvalue weighted by atomic mass is 16.2. The summed E-state index contributed by atoms with van der Waals surface area (Å²) in [6, 6.07) is 8.12. The Kier molecular flexibility index (Phi) is 4.41. The lowest BCUT2D eigenvalue weighted by Crippen LogP contribution is -2.36. The fourth-order valence-electron chi connectivity index (χ4n) is 4.81. The zero-order valence-electron chi connectivity index (χ0n) is 16.2. The van der Waals surface area contributed by atoms with Crippen LogP contribution in [0.1, 0.15) is 64.5 Å². The maximum absolute atomic E-state index is 13.5. The molecule has 0 saturated carbocycles. The van der Waals surface area contributed by atoms with Gasteiger partial charge in [-0.15, -0.1) is 0 Å². The molecule has 0 atom stereocenters. The summed E-state index contributed by atoms with van der Waals surface area (Å²) in [5, 5.41) is 0. The number of amides is 2. The summed E-state index contributed by atoms with van der Waals surface area (Å²) in [4.78, 5) is 35.0. The molecule has 6 nitrogen and oxygen atoms in total. The van der Waals surface area contributed by atoms with Crippen molar-refractivity contribution in [3.63, 3.8) is 0 Å². The summed E-state index contributed by atoms with van der Waals surface area (Å²) in [5.74, 6) is 0.391. The summed E-state index contributed by atoms with van der Waals surface area (Å²) < 4.78 is 2.02. The Hall–Kier alpha value is -2.63. The maximum Gasteiger partial charge on any atom is 0.289 e. The van der Waals surface area contributed by atoms with Gasteiger partial charge in [-0.25, -0.2) is 4.98 Å². The molecule has 1 aromatic carbocycles. The molecule has 28 heavy (non-hydrogen) atoms. The molecular formula is C22H26N4O2. The highest BCUT2D eigenvalue weighted by Gasteiger charge is 2.33. The molecule has 0 aliphatic carbocycles. The first-order chi connectivity index (χ1) is 13.7. The van der Waals surface area contributed by atoms with Crippen molar-refractivity contribution in [1.82, 2.24) is 14.5 Å². The Morgan fingerprint density at radius 2 is 1.61 bits per heavy atom. The highest BCUT2D eigenvalue weighted by molar-refractivity contribution is 6.07. The number of imidazole rings is 1. The molecular weight excluding hydrogens is 352 g/mol. The Bertz CT molecular complexity index is 927. The SMILES string of the molecule is O=C(c1nc(C(=O)N2CCCc3ccccc32)c2n1CCCC2)N1CCCC1. The van der Waals surface area contributed by atoms with E-state index in [-0.39, 0.29) is 11.8 Å². The summed E-state index contributed by atoms with van der Waals surface area (Å²) in [7, 11) is 0. The van der Waals surface area contributed by atoms with Gasteiger partial charge in [-0.3, -0.25) is 9.59 Å². The van der Waals surface area contributed by atoms with Crippen molar-refractivity contribution in [2.24, 2.45) is 0 Å². The molecule has 1 aromatic heterocycles. The first kappa shape index (κ1) is 17.5. The lowest BCUT2D eigenvalue weighted by atomic mass is 10.0. The molecule has 0 unspecified atom stereocenters. The number of hydrogen-bond acceptors (Lipinski definition) is 3. The maximum atomic E-state index is 13.5. The van der Waals surface area contributed by atoms with Crippen LogP contribution in [0, 0.1) is 0 Å². The molecule has 146 valence electrons. The van der Waals surface area contributed by atoms with E-state index in [9.17, 15) is 9.59 Å². The predicted molar refractivity (Wildman–Crippen MR) is 107 cm³/mol. The summed E-state index contributed by atoms with van der Waals surface area (Å²) in [6.07, 6.45) is 6.95. The monoisotopic (exact) mass is 378 g/mol. The number of anilines is 1.